The van der Waals surface area contributed by atoms with Crippen LogP contribution in [0, 0.1) is 16.0 Å². The Balaban J connectivity index is 1.86. The summed E-state index contributed by atoms with van der Waals surface area (Å²) in [5, 5.41) is 17.9. The summed E-state index contributed by atoms with van der Waals surface area (Å²) in [4.78, 5) is 27.7. The number of non-ortho nitro benzene ring substituents is 1. The second-order valence-corrected chi connectivity index (χ2v) is 6.83. The average Bonchev–Trinajstić information content (AvgIpc) is 3.26. The number of amides is 1. The molecule has 0 aliphatic carbocycles. The maximum atomic E-state index is 12.7. The van der Waals surface area contributed by atoms with E-state index in [2.05, 4.69) is 15.5 Å². The molecule has 1 heterocycles. The van der Waals surface area contributed by atoms with Crippen molar-refractivity contribution >= 4 is 11.6 Å². The number of nitro groups is 1. The van der Waals surface area contributed by atoms with Gasteiger partial charge in [-0.1, -0.05) is 43.6 Å². The summed E-state index contributed by atoms with van der Waals surface area (Å²) in [6.45, 7) is 3.93. The Morgan fingerprint density at radius 1 is 1.27 bits per heavy atom. The van der Waals surface area contributed by atoms with Gasteiger partial charge in [-0.3, -0.25) is 14.9 Å². The zero-order valence-corrected chi connectivity index (χ0v) is 16.9. The van der Waals surface area contributed by atoms with Gasteiger partial charge in [0.1, 0.15) is 11.8 Å². The van der Waals surface area contributed by atoms with Crippen LogP contribution < -0.4 is 10.1 Å². The maximum absolute atomic E-state index is 12.7. The molecule has 3 rings (SSSR count). The smallest absolute Gasteiger partial charge is 0.270 e. The van der Waals surface area contributed by atoms with Gasteiger partial charge in [-0.2, -0.15) is 4.98 Å². The molecule has 0 radical (unpaired) electrons. The van der Waals surface area contributed by atoms with Crippen LogP contribution in [0.5, 0.6) is 5.75 Å². The Labute approximate surface area is 173 Å². The molecular formula is C21H22N4O5. The van der Waals surface area contributed by atoms with E-state index in [0.29, 0.717) is 11.6 Å². The number of hydrogen-bond acceptors (Lipinski definition) is 7. The lowest BCUT2D eigenvalue weighted by Crippen LogP contribution is -2.32. The Morgan fingerprint density at radius 3 is 2.73 bits per heavy atom. The lowest BCUT2D eigenvalue weighted by Gasteiger charge is -2.20. The van der Waals surface area contributed by atoms with Crippen molar-refractivity contribution < 1.29 is 19.0 Å². The van der Waals surface area contributed by atoms with Gasteiger partial charge in [-0.05, 0) is 24.1 Å². The largest absolute Gasteiger partial charge is 0.497 e. The second kappa shape index (κ2) is 9.17. The van der Waals surface area contributed by atoms with E-state index in [-0.39, 0.29) is 23.1 Å². The third kappa shape index (κ3) is 4.62. The van der Waals surface area contributed by atoms with Crippen LogP contribution in [0.25, 0.3) is 11.4 Å². The van der Waals surface area contributed by atoms with Gasteiger partial charge in [-0.25, -0.2) is 0 Å². The van der Waals surface area contributed by atoms with Crippen molar-refractivity contribution in [2.75, 3.05) is 7.11 Å². The second-order valence-electron chi connectivity index (χ2n) is 6.83. The quantitative estimate of drug-likeness (QED) is 0.437. The molecule has 1 N–H and O–H groups in total. The van der Waals surface area contributed by atoms with Crippen LogP contribution >= 0.6 is 0 Å². The highest BCUT2D eigenvalue weighted by Crippen LogP contribution is 2.27. The molecule has 1 amide bonds. The molecule has 0 aliphatic rings. The van der Waals surface area contributed by atoms with E-state index >= 15 is 0 Å². The number of aromatic nitrogens is 2. The number of methoxy groups -OCH3 is 1. The fourth-order valence-electron chi connectivity index (χ4n) is 2.91. The number of nitrogens with one attached hydrogen (secondary N) is 1. The molecule has 0 unspecified atom stereocenters. The Bertz CT molecular complexity index is 1050. The summed E-state index contributed by atoms with van der Waals surface area (Å²) >= 11 is 0. The lowest BCUT2D eigenvalue weighted by molar-refractivity contribution is -0.384. The number of rotatable bonds is 8. The standard InChI is InChI=1S/C21H22N4O5/c1-4-13(2)18(22-20(26)15-8-5-9-16(11-15)25(27)28)21-23-19(24-30-21)14-7-6-10-17(12-14)29-3/h5-13,18H,4H2,1-3H3,(H,22,26)/t13-,18+/m0/s1. The number of nitro benzene ring substituents is 1. The van der Waals surface area contributed by atoms with Crippen LogP contribution in [0.3, 0.4) is 0 Å². The van der Waals surface area contributed by atoms with Gasteiger partial charge in [0.15, 0.2) is 0 Å². The van der Waals surface area contributed by atoms with Crippen molar-refractivity contribution in [1.82, 2.24) is 15.5 Å². The molecule has 0 saturated heterocycles. The van der Waals surface area contributed by atoms with Crippen molar-refractivity contribution in [1.29, 1.82) is 0 Å². The summed E-state index contributed by atoms with van der Waals surface area (Å²) in [7, 11) is 1.57. The number of benzene rings is 2. The SMILES string of the molecule is CC[C@H](C)[C@@H](NC(=O)c1cccc([N+](=O)[O-])c1)c1nc(-c2cccc(OC)c2)no1. The monoisotopic (exact) mass is 410 g/mol. The van der Waals surface area contributed by atoms with Gasteiger partial charge in [0.05, 0.1) is 12.0 Å². The number of carbonyl (C=O) groups is 1. The zero-order chi connectivity index (χ0) is 21.7. The third-order valence-corrected chi connectivity index (χ3v) is 4.85. The highest BCUT2D eigenvalue weighted by molar-refractivity contribution is 5.95. The number of carbonyl (C=O) groups excluding carboxylic acids is 1. The van der Waals surface area contributed by atoms with E-state index < -0.39 is 16.9 Å². The number of hydrogen-bond donors (Lipinski definition) is 1. The van der Waals surface area contributed by atoms with E-state index in [1.54, 1.807) is 13.2 Å². The van der Waals surface area contributed by atoms with Crippen molar-refractivity contribution in [2.24, 2.45) is 5.92 Å². The molecule has 1 aromatic heterocycles. The first-order chi connectivity index (χ1) is 14.4. The maximum Gasteiger partial charge on any atom is 0.270 e. The van der Waals surface area contributed by atoms with Crippen molar-refractivity contribution in [2.45, 2.75) is 26.3 Å². The molecule has 0 spiro atoms. The fraction of sp³-hybridized carbons (Fsp3) is 0.286. The summed E-state index contributed by atoms with van der Waals surface area (Å²) in [5.41, 5.74) is 0.753. The summed E-state index contributed by atoms with van der Waals surface area (Å²) in [6, 6.07) is 12.3. The zero-order valence-electron chi connectivity index (χ0n) is 16.9. The molecule has 0 fully saturated rings. The van der Waals surface area contributed by atoms with Gasteiger partial charge in [0, 0.05) is 23.3 Å². The fourth-order valence-corrected chi connectivity index (χ4v) is 2.91. The molecule has 30 heavy (non-hydrogen) atoms. The number of ether oxygens (including phenoxy) is 1. The van der Waals surface area contributed by atoms with Crippen LogP contribution in [-0.2, 0) is 0 Å². The van der Waals surface area contributed by atoms with E-state index in [1.165, 1.54) is 24.3 Å². The van der Waals surface area contributed by atoms with Crippen LogP contribution in [-0.4, -0.2) is 28.1 Å². The Hall–Kier alpha value is -3.75. The minimum atomic E-state index is -0.548. The summed E-state index contributed by atoms with van der Waals surface area (Å²) in [6.07, 6.45) is 0.747. The average molecular weight is 410 g/mol. The normalized spacial score (nSPS) is 12.8. The molecule has 156 valence electrons. The Kier molecular flexibility index (Phi) is 6.41. The van der Waals surface area contributed by atoms with Crippen LogP contribution in [0.4, 0.5) is 5.69 Å². The van der Waals surface area contributed by atoms with Gasteiger partial charge >= 0.3 is 0 Å². The van der Waals surface area contributed by atoms with Crippen molar-refractivity contribution in [3.05, 3.63) is 70.1 Å². The molecule has 0 aliphatic heterocycles. The van der Waals surface area contributed by atoms with E-state index in [4.69, 9.17) is 9.26 Å². The number of nitrogens with zero attached hydrogens (tertiary/aromatic N) is 3. The van der Waals surface area contributed by atoms with Crippen LogP contribution in [0.15, 0.2) is 53.1 Å². The highest BCUT2D eigenvalue weighted by Gasteiger charge is 2.27. The first-order valence-electron chi connectivity index (χ1n) is 9.46. The topological polar surface area (TPSA) is 120 Å². The predicted octanol–water partition coefficient (Wildman–Crippen LogP) is 4.17. The van der Waals surface area contributed by atoms with Crippen LogP contribution in [0.1, 0.15) is 42.6 Å². The van der Waals surface area contributed by atoms with Crippen molar-refractivity contribution in [3.63, 3.8) is 0 Å². The molecule has 0 saturated carbocycles. The van der Waals surface area contributed by atoms with Gasteiger partial charge < -0.3 is 14.6 Å². The molecular weight excluding hydrogens is 388 g/mol. The molecule has 3 aromatic rings. The van der Waals surface area contributed by atoms with E-state index in [9.17, 15) is 14.9 Å². The van der Waals surface area contributed by atoms with Gasteiger partial charge in [0.2, 0.25) is 11.7 Å². The van der Waals surface area contributed by atoms with Gasteiger partial charge in [-0.15, -0.1) is 0 Å². The van der Waals surface area contributed by atoms with Crippen molar-refractivity contribution in [3.8, 4) is 17.1 Å². The lowest BCUT2D eigenvalue weighted by atomic mass is 9.98. The van der Waals surface area contributed by atoms with Gasteiger partial charge in [0.25, 0.3) is 11.6 Å². The molecule has 2 atom stereocenters. The predicted molar refractivity (Wildman–Crippen MR) is 109 cm³/mol. The summed E-state index contributed by atoms with van der Waals surface area (Å²) < 4.78 is 10.7. The minimum Gasteiger partial charge on any atom is -0.497 e. The highest BCUT2D eigenvalue weighted by atomic mass is 16.6. The first-order valence-corrected chi connectivity index (χ1v) is 9.46. The molecule has 0 bridgehead atoms. The third-order valence-electron chi connectivity index (χ3n) is 4.85. The molecule has 2 aromatic carbocycles. The molecule has 9 nitrogen and oxygen atoms in total. The van der Waals surface area contributed by atoms with E-state index in [1.807, 2.05) is 32.0 Å². The molecule has 9 heteroatoms. The summed E-state index contributed by atoms with van der Waals surface area (Å²) in [5.74, 6) is 0.843. The van der Waals surface area contributed by atoms with E-state index in [0.717, 1.165) is 12.0 Å². The first kappa shape index (κ1) is 21.0. The van der Waals surface area contributed by atoms with Crippen LogP contribution in [0.2, 0.25) is 0 Å². The minimum absolute atomic E-state index is 0.00809. The Morgan fingerprint density at radius 2 is 2.03 bits per heavy atom.